The smallest absolute Gasteiger partial charge is 0.294 e. The number of anilines is 1. The van der Waals surface area contributed by atoms with Crippen LogP contribution >= 0.6 is 0 Å². The van der Waals surface area contributed by atoms with E-state index in [2.05, 4.69) is 35.8 Å². The average molecular weight is 418 g/mol. The summed E-state index contributed by atoms with van der Waals surface area (Å²) in [6, 6.07) is 14.7. The molecule has 11 nitrogen and oxygen atoms in total. The van der Waals surface area contributed by atoms with Crippen molar-refractivity contribution in [3.63, 3.8) is 0 Å². The van der Waals surface area contributed by atoms with Gasteiger partial charge in [-0.2, -0.15) is 9.78 Å². The second-order valence-electron chi connectivity index (χ2n) is 6.51. The summed E-state index contributed by atoms with van der Waals surface area (Å²) >= 11 is 0. The number of nitrogens with zero attached hydrogens (tertiary/aromatic N) is 6. The normalized spacial score (nSPS) is 11.0. The molecule has 0 atom stereocenters. The largest absolute Gasteiger partial charge is 0.497 e. The van der Waals surface area contributed by atoms with Crippen molar-refractivity contribution in [2.75, 3.05) is 12.8 Å². The first-order valence-corrected chi connectivity index (χ1v) is 9.15. The quantitative estimate of drug-likeness (QED) is 0.357. The monoisotopic (exact) mass is 418 g/mol. The second kappa shape index (κ2) is 8.45. The van der Waals surface area contributed by atoms with E-state index in [1.807, 2.05) is 49.4 Å². The van der Waals surface area contributed by atoms with E-state index in [0.29, 0.717) is 17.0 Å². The van der Waals surface area contributed by atoms with Gasteiger partial charge in [-0.15, -0.1) is 5.10 Å². The van der Waals surface area contributed by atoms with Crippen LogP contribution in [0, 0.1) is 6.92 Å². The zero-order valence-electron chi connectivity index (χ0n) is 16.7. The third kappa shape index (κ3) is 4.10. The van der Waals surface area contributed by atoms with Crippen LogP contribution in [0.4, 0.5) is 5.82 Å². The fourth-order valence-corrected chi connectivity index (χ4v) is 2.83. The van der Waals surface area contributed by atoms with Crippen LogP contribution in [0.25, 0.3) is 17.1 Å². The molecule has 3 N–H and O–H groups in total. The van der Waals surface area contributed by atoms with Crippen LogP contribution in [0.15, 0.2) is 58.3 Å². The Hall–Kier alpha value is -4.54. The number of aryl methyl sites for hydroxylation is 1. The number of nitrogens with one attached hydrogen (secondary N) is 1. The maximum absolute atomic E-state index is 12.8. The van der Waals surface area contributed by atoms with Gasteiger partial charge in [0.25, 0.3) is 5.91 Å². The van der Waals surface area contributed by atoms with Crippen molar-refractivity contribution in [2.45, 2.75) is 6.92 Å². The van der Waals surface area contributed by atoms with Gasteiger partial charge in [-0.25, -0.2) is 10.1 Å². The van der Waals surface area contributed by atoms with Crippen LogP contribution in [0.1, 0.15) is 21.6 Å². The molecule has 0 fully saturated rings. The topological polar surface area (TPSA) is 146 Å². The van der Waals surface area contributed by atoms with Crippen LogP contribution < -0.4 is 15.9 Å². The standard InChI is InChI=1S/C20H18N8O3/c1-12-6-8-14(9-7-12)17-16(23-27-28(17)19-18(21)25-31-26-19)20(29)24-22-11-13-4-3-5-15(10-13)30-2/h3-11H,1-2H3,(H2,21,25)(H,24,29). The van der Waals surface area contributed by atoms with Gasteiger partial charge in [0, 0.05) is 5.56 Å². The summed E-state index contributed by atoms with van der Waals surface area (Å²) in [5.41, 5.74) is 11.2. The number of hydrazone groups is 1. The molecule has 0 aliphatic heterocycles. The molecule has 156 valence electrons. The van der Waals surface area contributed by atoms with Crippen molar-refractivity contribution in [2.24, 2.45) is 5.10 Å². The van der Waals surface area contributed by atoms with E-state index in [1.54, 1.807) is 13.2 Å². The van der Waals surface area contributed by atoms with Gasteiger partial charge < -0.3 is 10.5 Å². The Balaban J connectivity index is 1.66. The molecule has 0 radical (unpaired) electrons. The zero-order valence-corrected chi connectivity index (χ0v) is 16.7. The first kappa shape index (κ1) is 19.8. The number of aromatic nitrogens is 5. The molecular formula is C20H18N8O3. The molecule has 0 aliphatic carbocycles. The highest BCUT2D eigenvalue weighted by Gasteiger charge is 2.25. The summed E-state index contributed by atoms with van der Waals surface area (Å²) in [7, 11) is 1.57. The Kier molecular flexibility index (Phi) is 5.39. The Morgan fingerprint density at radius 3 is 2.74 bits per heavy atom. The van der Waals surface area contributed by atoms with Crippen molar-refractivity contribution >= 4 is 17.9 Å². The number of carbonyl (C=O) groups excluding carboxylic acids is 1. The molecule has 11 heteroatoms. The summed E-state index contributed by atoms with van der Waals surface area (Å²) < 4.78 is 11.1. The summed E-state index contributed by atoms with van der Waals surface area (Å²) in [4.78, 5) is 12.8. The van der Waals surface area contributed by atoms with Gasteiger partial charge in [-0.05, 0) is 34.9 Å². The Labute approximate surface area is 176 Å². The number of methoxy groups -OCH3 is 1. The molecule has 0 spiro atoms. The van der Waals surface area contributed by atoms with Crippen molar-refractivity contribution in [3.05, 3.63) is 65.4 Å². The lowest BCUT2D eigenvalue weighted by Crippen LogP contribution is -2.19. The predicted octanol–water partition coefficient (Wildman–Crippen LogP) is 1.98. The molecule has 0 unspecified atom stereocenters. The number of amides is 1. The lowest BCUT2D eigenvalue weighted by molar-refractivity contribution is 0.0950. The molecule has 4 rings (SSSR count). The summed E-state index contributed by atoms with van der Waals surface area (Å²) in [6.07, 6.45) is 1.50. The number of hydrogen-bond donors (Lipinski definition) is 2. The van der Waals surface area contributed by atoms with Gasteiger partial charge in [0.1, 0.15) is 11.4 Å². The van der Waals surface area contributed by atoms with Crippen LogP contribution in [0.3, 0.4) is 0 Å². The minimum Gasteiger partial charge on any atom is -0.497 e. The second-order valence-corrected chi connectivity index (χ2v) is 6.51. The van der Waals surface area contributed by atoms with E-state index in [0.717, 1.165) is 11.1 Å². The van der Waals surface area contributed by atoms with Crippen molar-refractivity contribution in [3.8, 4) is 22.8 Å². The molecule has 0 aliphatic rings. The first-order chi connectivity index (χ1) is 15.1. The van der Waals surface area contributed by atoms with Crippen LogP contribution in [-0.4, -0.2) is 44.5 Å². The van der Waals surface area contributed by atoms with E-state index in [1.165, 1.54) is 10.9 Å². The molecule has 2 aromatic carbocycles. The van der Waals surface area contributed by atoms with Crippen molar-refractivity contribution in [1.29, 1.82) is 0 Å². The molecule has 31 heavy (non-hydrogen) atoms. The molecule has 0 saturated heterocycles. The number of hydrogen-bond acceptors (Lipinski definition) is 9. The van der Waals surface area contributed by atoms with Crippen LogP contribution in [-0.2, 0) is 0 Å². The Morgan fingerprint density at radius 2 is 2.03 bits per heavy atom. The van der Waals surface area contributed by atoms with Gasteiger partial charge in [0.05, 0.1) is 13.3 Å². The molecule has 0 saturated carbocycles. The number of carbonyl (C=O) groups is 1. The molecular weight excluding hydrogens is 400 g/mol. The maximum Gasteiger partial charge on any atom is 0.294 e. The number of benzene rings is 2. The van der Waals surface area contributed by atoms with E-state index in [4.69, 9.17) is 10.5 Å². The number of rotatable bonds is 6. The molecule has 4 aromatic rings. The van der Waals surface area contributed by atoms with Gasteiger partial charge in [0.2, 0.25) is 11.6 Å². The highest BCUT2D eigenvalue weighted by molar-refractivity contribution is 5.98. The van der Waals surface area contributed by atoms with Crippen LogP contribution in [0.2, 0.25) is 0 Å². The first-order valence-electron chi connectivity index (χ1n) is 9.15. The SMILES string of the molecule is COc1cccc(C=NNC(=O)c2nnn(-c3nonc3N)c2-c2ccc(C)cc2)c1. The Bertz CT molecular complexity index is 1240. The highest BCUT2D eigenvalue weighted by atomic mass is 16.6. The fraction of sp³-hybridized carbons (Fsp3) is 0.100. The van der Waals surface area contributed by atoms with E-state index in [-0.39, 0.29) is 17.3 Å². The molecule has 2 heterocycles. The van der Waals surface area contributed by atoms with Crippen molar-refractivity contribution < 1.29 is 14.2 Å². The highest BCUT2D eigenvalue weighted by Crippen LogP contribution is 2.26. The van der Waals surface area contributed by atoms with Crippen LogP contribution in [0.5, 0.6) is 5.75 Å². The summed E-state index contributed by atoms with van der Waals surface area (Å²) in [6.45, 7) is 1.96. The molecule has 0 bridgehead atoms. The minimum atomic E-state index is -0.559. The predicted molar refractivity (Wildman–Crippen MR) is 112 cm³/mol. The third-order valence-electron chi connectivity index (χ3n) is 4.38. The summed E-state index contributed by atoms with van der Waals surface area (Å²) in [5.74, 6) is 0.262. The molecule has 1 amide bonds. The fourth-order valence-electron chi connectivity index (χ4n) is 2.83. The van der Waals surface area contributed by atoms with E-state index < -0.39 is 5.91 Å². The van der Waals surface area contributed by atoms with Gasteiger partial charge in [0.15, 0.2) is 5.69 Å². The van der Waals surface area contributed by atoms with Gasteiger partial charge in [-0.1, -0.05) is 47.2 Å². The van der Waals surface area contributed by atoms with Crippen molar-refractivity contribution in [1.82, 2.24) is 30.7 Å². The van der Waals surface area contributed by atoms with Gasteiger partial charge >= 0.3 is 0 Å². The number of nitrogen functional groups attached to an aromatic ring is 1. The lowest BCUT2D eigenvalue weighted by Gasteiger charge is -2.06. The van der Waals surface area contributed by atoms with E-state index in [9.17, 15) is 4.79 Å². The van der Waals surface area contributed by atoms with E-state index >= 15 is 0 Å². The number of nitrogens with two attached hydrogens (primary N) is 1. The summed E-state index contributed by atoms with van der Waals surface area (Å²) in [5, 5.41) is 19.4. The molecule has 2 aromatic heterocycles. The average Bonchev–Trinajstić information content (AvgIpc) is 3.40. The zero-order chi connectivity index (χ0) is 21.8. The van der Waals surface area contributed by atoms with Gasteiger partial charge in [-0.3, -0.25) is 4.79 Å². The third-order valence-corrected chi connectivity index (χ3v) is 4.38. The lowest BCUT2D eigenvalue weighted by atomic mass is 10.1. The maximum atomic E-state index is 12.8. The number of ether oxygens (including phenoxy) is 1. The minimum absolute atomic E-state index is 0.0151. The Morgan fingerprint density at radius 1 is 1.23 bits per heavy atom.